The Labute approximate surface area is 94.9 Å². The first-order chi connectivity index (χ1) is 7.54. The normalized spacial score (nSPS) is 11.9. The van der Waals surface area contributed by atoms with Gasteiger partial charge in [0.15, 0.2) is 5.43 Å². The Bertz CT molecular complexity index is 564. The molecule has 2 nitrogen and oxygen atoms in total. The quantitative estimate of drug-likeness (QED) is 0.769. The van der Waals surface area contributed by atoms with E-state index in [2.05, 4.69) is 20.8 Å². The fourth-order valence-electron chi connectivity index (χ4n) is 1.61. The third-order valence-corrected chi connectivity index (χ3v) is 3.19. The van der Waals surface area contributed by atoms with Gasteiger partial charge in [-0.15, -0.1) is 0 Å². The smallest absolute Gasteiger partial charge is 0.192 e. The fourth-order valence-corrected chi connectivity index (χ4v) is 1.61. The minimum atomic E-state index is -0.0941. The molecule has 0 unspecified atom stereocenters. The molecule has 2 heteroatoms. The van der Waals surface area contributed by atoms with Gasteiger partial charge >= 0.3 is 0 Å². The molecule has 0 fully saturated rings. The molecule has 84 valence electrons. The van der Waals surface area contributed by atoms with E-state index in [4.69, 9.17) is 4.42 Å². The van der Waals surface area contributed by atoms with Crippen molar-refractivity contribution in [3.05, 3.63) is 46.3 Å². The van der Waals surface area contributed by atoms with Crippen LogP contribution >= 0.6 is 0 Å². The van der Waals surface area contributed by atoms with Gasteiger partial charge in [-0.3, -0.25) is 4.79 Å². The van der Waals surface area contributed by atoms with Crippen molar-refractivity contribution in [3.63, 3.8) is 0 Å². The van der Waals surface area contributed by atoms with E-state index < -0.39 is 0 Å². The van der Waals surface area contributed by atoms with Gasteiger partial charge in [0.1, 0.15) is 11.3 Å². The molecular weight excluding hydrogens is 200 g/mol. The van der Waals surface area contributed by atoms with Crippen molar-refractivity contribution in [2.45, 2.75) is 32.6 Å². The summed E-state index contributed by atoms with van der Waals surface area (Å²) in [6.45, 7) is 6.26. The molecule has 0 spiro atoms. The average Bonchev–Trinajstić information content (AvgIpc) is 2.29. The van der Waals surface area contributed by atoms with Gasteiger partial charge in [-0.25, -0.2) is 0 Å². The van der Waals surface area contributed by atoms with Gasteiger partial charge in [-0.2, -0.15) is 0 Å². The summed E-state index contributed by atoms with van der Waals surface area (Å²) in [4.78, 5) is 11.9. The van der Waals surface area contributed by atoms with Crippen LogP contribution in [-0.2, 0) is 5.41 Å². The molecular formula is C14H16O2. The zero-order valence-corrected chi connectivity index (χ0v) is 9.91. The predicted molar refractivity (Wildman–Crippen MR) is 65.8 cm³/mol. The molecule has 1 heterocycles. The monoisotopic (exact) mass is 216 g/mol. The van der Waals surface area contributed by atoms with Crippen LogP contribution in [0.1, 0.15) is 33.0 Å². The molecule has 0 N–H and O–H groups in total. The molecule has 0 radical (unpaired) electrons. The van der Waals surface area contributed by atoms with Crippen LogP contribution in [-0.4, -0.2) is 0 Å². The van der Waals surface area contributed by atoms with Crippen LogP contribution in [0.5, 0.6) is 0 Å². The first-order valence-electron chi connectivity index (χ1n) is 5.58. The van der Waals surface area contributed by atoms with E-state index in [1.165, 1.54) is 0 Å². The molecule has 1 aromatic heterocycles. The van der Waals surface area contributed by atoms with Crippen molar-refractivity contribution in [3.8, 4) is 0 Å². The van der Waals surface area contributed by atoms with Crippen LogP contribution in [0.25, 0.3) is 11.0 Å². The Balaban J connectivity index is 2.72. The fraction of sp³-hybridized carbons (Fsp3) is 0.357. The molecule has 0 aliphatic rings. The number of fused-ring (bicyclic) bond motifs is 1. The van der Waals surface area contributed by atoms with E-state index in [0.717, 1.165) is 12.2 Å². The van der Waals surface area contributed by atoms with E-state index in [9.17, 15) is 4.79 Å². The van der Waals surface area contributed by atoms with Gasteiger partial charge in [-0.05, 0) is 18.6 Å². The number of rotatable bonds is 2. The summed E-state index contributed by atoms with van der Waals surface area (Å²) in [5.74, 6) is 0.763. The maximum atomic E-state index is 11.9. The lowest BCUT2D eigenvalue weighted by Gasteiger charge is -2.21. The number of hydrogen-bond acceptors (Lipinski definition) is 2. The third-order valence-electron chi connectivity index (χ3n) is 3.19. The van der Waals surface area contributed by atoms with Crippen LogP contribution in [0, 0.1) is 0 Å². The van der Waals surface area contributed by atoms with Crippen LogP contribution < -0.4 is 5.43 Å². The van der Waals surface area contributed by atoms with E-state index >= 15 is 0 Å². The van der Waals surface area contributed by atoms with Gasteiger partial charge in [0, 0.05) is 11.5 Å². The highest BCUT2D eigenvalue weighted by atomic mass is 16.3. The second-order valence-corrected chi connectivity index (χ2v) is 4.71. The van der Waals surface area contributed by atoms with E-state index in [1.54, 1.807) is 12.1 Å². The summed E-state index contributed by atoms with van der Waals surface area (Å²) in [5, 5.41) is 0.651. The minimum Gasteiger partial charge on any atom is -0.460 e. The van der Waals surface area contributed by atoms with Gasteiger partial charge in [-0.1, -0.05) is 32.9 Å². The first-order valence-corrected chi connectivity index (χ1v) is 5.58. The summed E-state index contributed by atoms with van der Waals surface area (Å²) in [5.41, 5.74) is 0.619. The molecule has 16 heavy (non-hydrogen) atoms. The van der Waals surface area contributed by atoms with Crippen LogP contribution in [0.3, 0.4) is 0 Å². The van der Waals surface area contributed by atoms with Crippen LogP contribution in [0.15, 0.2) is 39.5 Å². The summed E-state index contributed by atoms with van der Waals surface area (Å²) in [6.07, 6.45) is 0.939. The standard InChI is InChI=1S/C14H16O2/c1-4-14(2,3)13-9-11(15)10-7-5-6-8-12(10)16-13/h5-9H,4H2,1-3H3. The number of para-hydroxylation sites is 1. The van der Waals surface area contributed by atoms with Gasteiger partial charge < -0.3 is 4.42 Å². The molecule has 1 aromatic carbocycles. The molecule has 0 aliphatic heterocycles. The maximum absolute atomic E-state index is 11.9. The zero-order valence-electron chi connectivity index (χ0n) is 9.91. The van der Waals surface area contributed by atoms with Crippen LogP contribution in [0.2, 0.25) is 0 Å². The summed E-state index contributed by atoms with van der Waals surface area (Å²) < 4.78 is 5.80. The average molecular weight is 216 g/mol. The van der Waals surface area contributed by atoms with E-state index in [1.807, 2.05) is 18.2 Å². The largest absolute Gasteiger partial charge is 0.460 e. The topological polar surface area (TPSA) is 30.2 Å². The summed E-state index contributed by atoms with van der Waals surface area (Å²) >= 11 is 0. The Hall–Kier alpha value is -1.57. The Morgan fingerprint density at radius 1 is 1.25 bits per heavy atom. The first kappa shape index (κ1) is 10.9. The second kappa shape index (κ2) is 3.78. The lowest BCUT2D eigenvalue weighted by Crippen LogP contribution is -2.18. The second-order valence-electron chi connectivity index (χ2n) is 4.71. The molecule has 0 atom stereocenters. The number of hydrogen-bond donors (Lipinski definition) is 0. The Morgan fingerprint density at radius 2 is 1.94 bits per heavy atom. The summed E-state index contributed by atoms with van der Waals surface area (Å²) in [7, 11) is 0. The Morgan fingerprint density at radius 3 is 2.62 bits per heavy atom. The SMILES string of the molecule is CCC(C)(C)c1cc(=O)c2ccccc2o1. The molecule has 0 amide bonds. The van der Waals surface area contributed by atoms with Gasteiger partial charge in [0.2, 0.25) is 0 Å². The molecule has 0 saturated heterocycles. The minimum absolute atomic E-state index is 0.0402. The maximum Gasteiger partial charge on any atom is 0.192 e. The van der Waals surface area contributed by atoms with Crippen molar-refractivity contribution in [1.29, 1.82) is 0 Å². The summed E-state index contributed by atoms with van der Waals surface area (Å²) in [6, 6.07) is 8.99. The number of benzene rings is 1. The van der Waals surface area contributed by atoms with Crippen molar-refractivity contribution in [1.82, 2.24) is 0 Å². The molecule has 0 aliphatic carbocycles. The molecule has 0 saturated carbocycles. The van der Waals surface area contributed by atoms with Crippen molar-refractivity contribution >= 4 is 11.0 Å². The molecule has 0 bridgehead atoms. The van der Waals surface area contributed by atoms with Crippen molar-refractivity contribution in [2.24, 2.45) is 0 Å². The van der Waals surface area contributed by atoms with E-state index in [0.29, 0.717) is 11.0 Å². The van der Waals surface area contributed by atoms with Gasteiger partial charge in [0.25, 0.3) is 0 Å². The zero-order chi connectivity index (χ0) is 11.8. The lowest BCUT2D eigenvalue weighted by atomic mass is 9.87. The highest BCUT2D eigenvalue weighted by Crippen LogP contribution is 2.27. The van der Waals surface area contributed by atoms with E-state index in [-0.39, 0.29) is 10.8 Å². The third kappa shape index (κ3) is 1.75. The molecule has 2 aromatic rings. The van der Waals surface area contributed by atoms with Crippen molar-refractivity contribution in [2.75, 3.05) is 0 Å². The van der Waals surface area contributed by atoms with Crippen molar-refractivity contribution < 1.29 is 4.42 Å². The van der Waals surface area contributed by atoms with Gasteiger partial charge in [0.05, 0.1) is 5.39 Å². The Kier molecular flexibility index (Phi) is 2.58. The highest BCUT2D eigenvalue weighted by Gasteiger charge is 2.22. The highest BCUT2D eigenvalue weighted by molar-refractivity contribution is 5.76. The molecule has 2 rings (SSSR count). The lowest BCUT2D eigenvalue weighted by molar-refractivity contribution is 0.383. The van der Waals surface area contributed by atoms with Crippen LogP contribution in [0.4, 0.5) is 0 Å². The predicted octanol–water partition coefficient (Wildman–Crippen LogP) is 3.48.